The van der Waals surface area contributed by atoms with Crippen LogP contribution in [0.2, 0.25) is 0 Å². The topological polar surface area (TPSA) is 103 Å². The Morgan fingerprint density at radius 2 is 1.43 bits per heavy atom. The van der Waals surface area contributed by atoms with E-state index in [-0.39, 0.29) is 30.3 Å². The monoisotopic (exact) mass is 621 g/mol. The Morgan fingerprint density at radius 3 is 2.13 bits per heavy atom. The van der Waals surface area contributed by atoms with Crippen molar-refractivity contribution in [1.82, 2.24) is 13.9 Å². The highest BCUT2D eigenvalue weighted by molar-refractivity contribution is 6.31. The smallest absolute Gasteiger partial charge is 0.352 e. The Labute approximate surface area is 270 Å². The molecule has 47 heavy (non-hydrogen) atoms. The number of nitrogens with zero attached hydrogens (tertiary/aromatic N) is 3. The molecule has 3 aliphatic rings. The number of allylic oxidation sites excluding steroid dienone is 4. The molecule has 1 aliphatic heterocycles. The zero-order chi connectivity index (χ0) is 32.4. The summed E-state index contributed by atoms with van der Waals surface area (Å²) in [5.41, 5.74) is 1.47. The second-order valence-corrected chi connectivity index (χ2v) is 12.5. The van der Waals surface area contributed by atoms with Crippen LogP contribution in [0, 0.1) is 12.8 Å². The lowest BCUT2D eigenvalue weighted by Crippen LogP contribution is -2.58. The molecule has 8 heteroatoms. The normalized spacial score (nSPS) is 23.3. The van der Waals surface area contributed by atoms with Gasteiger partial charge >= 0.3 is 11.4 Å². The number of hydrogen-bond donors (Lipinski definition) is 1. The number of aromatic nitrogens is 3. The summed E-state index contributed by atoms with van der Waals surface area (Å²) in [4.78, 5) is 58.0. The SMILES string of the molecule is Cc1cccc(C2C3=CCn4c(=O)n(-c5ccccc5)c(=O)n4C3CC3C(=O)C(c4ccccc4)=CC(=O)C32c2ccccc2)c1O. The predicted molar refractivity (Wildman–Crippen MR) is 178 cm³/mol. The second kappa shape index (κ2) is 10.7. The first-order valence-corrected chi connectivity index (χ1v) is 15.7. The predicted octanol–water partition coefficient (Wildman–Crippen LogP) is 5.27. The Hall–Kier alpha value is -5.76. The van der Waals surface area contributed by atoms with Gasteiger partial charge in [0.2, 0.25) is 0 Å². The molecule has 0 bridgehead atoms. The number of Topliss-reactive ketones (excluding diaryl/α,β-unsaturated/α-hetero) is 1. The molecule has 1 N–H and O–H groups in total. The molecule has 1 saturated carbocycles. The number of para-hydroxylation sites is 2. The average Bonchev–Trinajstić information content (AvgIpc) is 3.37. The number of phenolic OH excluding ortho intramolecular Hbond substituents is 1. The van der Waals surface area contributed by atoms with Crippen LogP contribution in [0.25, 0.3) is 11.3 Å². The molecule has 2 heterocycles. The van der Waals surface area contributed by atoms with Crippen molar-refractivity contribution in [2.24, 2.45) is 5.92 Å². The van der Waals surface area contributed by atoms with Crippen LogP contribution in [0.3, 0.4) is 0 Å². The molecule has 0 radical (unpaired) electrons. The lowest BCUT2D eigenvalue weighted by atomic mass is 9.47. The minimum atomic E-state index is -1.42. The van der Waals surface area contributed by atoms with Gasteiger partial charge in [-0.25, -0.2) is 23.5 Å². The number of phenols is 1. The summed E-state index contributed by atoms with van der Waals surface area (Å²) in [5, 5.41) is 11.7. The molecule has 0 amide bonds. The summed E-state index contributed by atoms with van der Waals surface area (Å²) >= 11 is 0. The van der Waals surface area contributed by atoms with Gasteiger partial charge in [-0.3, -0.25) is 9.59 Å². The molecule has 2 aliphatic carbocycles. The molecule has 5 aromatic rings. The molecule has 4 atom stereocenters. The molecule has 8 rings (SSSR count). The molecule has 232 valence electrons. The Bertz CT molecular complexity index is 2260. The van der Waals surface area contributed by atoms with Gasteiger partial charge in [-0.2, -0.15) is 0 Å². The fraction of sp³-hybridized carbons (Fsp3) is 0.179. The van der Waals surface area contributed by atoms with Gasteiger partial charge in [0.25, 0.3) is 0 Å². The van der Waals surface area contributed by atoms with E-state index in [1.54, 1.807) is 43.3 Å². The van der Waals surface area contributed by atoms with E-state index in [4.69, 9.17) is 0 Å². The lowest BCUT2D eigenvalue weighted by Gasteiger charge is -2.54. The molecule has 1 aromatic heterocycles. The molecule has 8 nitrogen and oxygen atoms in total. The van der Waals surface area contributed by atoms with Crippen LogP contribution in [0.4, 0.5) is 0 Å². The molecule has 4 aromatic carbocycles. The third-order valence-electron chi connectivity index (χ3n) is 10.2. The Kier molecular flexibility index (Phi) is 6.51. The summed E-state index contributed by atoms with van der Waals surface area (Å²) in [6.45, 7) is 1.88. The van der Waals surface area contributed by atoms with Gasteiger partial charge in [0.15, 0.2) is 11.6 Å². The number of hydrogen-bond acceptors (Lipinski definition) is 5. The maximum atomic E-state index is 15.0. The standard InChI is InChI=1S/C39H31N3O5/c1-24-12-11-19-29(35(24)44)34-28-20-21-40-37(46)41(27-17-9-4-10-18-27)38(47)42(40)32(28)23-31-36(45)30(25-13-5-2-6-14-25)22-33(43)39(31,34)26-15-7-3-8-16-26/h2-20,22,31-32,34,44H,21,23H2,1H3. The minimum absolute atomic E-state index is 0.0309. The van der Waals surface area contributed by atoms with E-state index < -0.39 is 34.7 Å². The summed E-state index contributed by atoms with van der Waals surface area (Å²) in [6.07, 6.45) is 3.48. The highest BCUT2D eigenvalue weighted by Crippen LogP contribution is 2.62. The van der Waals surface area contributed by atoms with E-state index in [9.17, 15) is 19.5 Å². The zero-order valence-corrected chi connectivity index (χ0v) is 25.6. The first-order valence-electron chi connectivity index (χ1n) is 15.7. The second-order valence-electron chi connectivity index (χ2n) is 12.5. The number of carbonyl (C=O) groups excluding carboxylic acids is 2. The van der Waals surface area contributed by atoms with Crippen molar-refractivity contribution in [3.8, 4) is 11.4 Å². The van der Waals surface area contributed by atoms with Crippen LogP contribution in [-0.4, -0.2) is 30.6 Å². The maximum absolute atomic E-state index is 15.0. The highest BCUT2D eigenvalue weighted by Gasteiger charge is 2.63. The van der Waals surface area contributed by atoms with Crippen molar-refractivity contribution < 1.29 is 14.7 Å². The summed E-state index contributed by atoms with van der Waals surface area (Å²) < 4.78 is 4.02. The number of carbonyl (C=O) groups is 2. The number of rotatable bonds is 4. The van der Waals surface area contributed by atoms with Gasteiger partial charge < -0.3 is 5.11 Å². The van der Waals surface area contributed by atoms with Crippen LogP contribution < -0.4 is 11.4 Å². The van der Waals surface area contributed by atoms with Crippen molar-refractivity contribution in [3.05, 3.63) is 170 Å². The van der Waals surface area contributed by atoms with Crippen molar-refractivity contribution in [1.29, 1.82) is 0 Å². The average molecular weight is 622 g/mol. The van der Waals surface area contributed by atoms with Crippen molar-refractivity contribution in [3.63, 3.8) is 0 Å². The fourth-order valence-electron chi connectivity index (χ4n) is 8.19. The molecule has 0 spiro atoms. The first-order chi connectivity index (χ1) is 22.8. The number of aromatic hydroxyl groups is 1. The Balaban J connectivity index is 1.44. The van der Waals surface area contributed by atoms with Gasteiger partial charge in [0.05, 0.1) is 23.7 Å². The van der Waals surface area contributed by atoms with Crippen LogP contribution in [-0.2, 0) is 21.5 Å². The first kappa shape index (κ1) is 28.7. The quantitative estimate of drug-likeness (QED) is 0.276. The van der Waals surface area contributed by atoms with E-state index in [1.807, 2.05) is 78.9 Å². The number of ketones is 2. The van der Waals surface area contributed by atoms with Gasteiger partial charge in [-0.1, -0.05) is 103 Å². The van der Waals surface area contributed by atoms with Gasteiger partial charge in [0.1, 0.15) is 5.75 Å². The van der Waals surface area contributed by atoms with Crippen molar-refractivity contribution in [2.75, 3.05) is 0 Å². The van der Waals surface area contributed by atoms with Gasteiger partial charge in [-0.05, 0) is 53.8 Å². The zero-order valence-electron chi connectivity index (χ0n) is 25.6. The maximum Gasteiger partial charge on any atom is 0.352 e. The summed E-state index contributed by atoms with van der Waals surface area (Å²) in [5.74, 6) is -2.16. The van der Waals surface area contributed by atoms with Crippen LogP contribution in [0.15, 0.2) is 137 Å². The highest BCUT2D eigenvalue weighted by atomic mass is 16.3. The summed E-state index contributed by atoms with van der Waals surface area (Å²) in [7, 11) is 0. The number of aryl methyl sites for hydroxylation is 1. The van der Waals surface area contributed by atoms with Crippen LogP contribution >= 0.6 is 0 Å². The van der Waals surface area contributed by atoms with Gasteiger partial charge in [0, 0.05) is 23.0 Å². The van der Waals surface area contributed by atoms with Crippen LogP contribution in [0.5, 0.6) is 5.75 Å². The van der Waals surface area contributed by atoms with E-state index in [2.05, 4.69) is 0 Å². The number of benzene rings is 4. The third kappa shape index (κ3) is 4.00. The lowest BCUT2D eigenvalue weighted by molar-refractivity contribution is -0.133. The molecular formula is C39H31N3O5. The van der Waals surface area contributed by atoms with Crippen LogP contribution in [0.1, 0.15) is 40.6 Å². The third-order valence-corrected chi connectivity index (χ3v) is 10.2. The minimum Gasteiger partial charge on any atom is -0.507 e. The number of fused-ring (bicyclic) bond motifs is 4. The summed E-state index contributed by atoms with van der Waals surface area (Å²) in [6, 6.07) is 31.9. The van der Waals surface area contributed by atoms with E-state index in [0.29, 0.717) is 33.5 Å². The van der Waals surface area contributed by atoms with Crippen molar-refractivity contribution in [2.45, 2.75) is 37.3 Å². The largest absolute Gasteiger partial charge is 0.507 e. The van der Waals surface area contributed by atoms with Crippen molar-refractivity contribution >= 4 is 17.1 Å². The van der Waals surface area contributed by atoms with E-state index in [1.165, 1.54) is 15.4 Å². The molecule has 4 unspecified atom stereocenters. The fourth-order valence-corrected chi connectivity index (χ4v) is 8.19. The van der Waals surface area contributed by atoms with E-state index in [0.717, 1.165) is 10.1 Å². The molecule has 1 fully saturated rings. The Morgan fingerprint density at radius 1 is 0.766 bits per heavy atom. The molecule has 0 saturated heterocycles. The van der Waals surface area contributed by atoms with E-state index >= 15 is 4.79 Å². The van der Waals surface area contributed by atoms with Gasteiger partial charge in [-0.15, -0.1) is 0 Å². The molecular weight excluding hydrogens is 590 g/mol.